The molecule has 0 unspecified atom stereocenters. The second-order valence-electron chi connectivity index (χ2n) is 4.41. The van der Waals surface area contributed by atoms with Gasteiger partial charge in [0.2, 0.25) is 0 Å². The summed E-state index contributed by atoms with van der Waals surface area (Å²) in [5.41, 5.74) is 9.46. The van der Waals surface area contributed by atoms with Crippen molar-refractivity contribution in [3.63, 3.8) is 0 Å². The summed E-state index contributed by atoms with van der Waals surface area (Å²) in [6.45, 7) is 8.07. The van der Waals surface area contributed by atoms with Gasteiger partial charge in [0.15, 0.2) is 0 Å². The van der Waals surface area contributed by atoms with Crippen LogP contribution in [-0.4, -0.2) is 29.7 Å². The van der Waals surface area contributed by atoms with Crippen LogP contribution >= 0.6 is 0 Å². The summed E-state index contributed by atoms with van der Waals surface area (Å²) in [7, 11) is 0. The van der Waals surface area contributed by atoms with Gasteiger partial charge in [-0.3, -0.25) is 4.90 Å². The number of aliphatic hydroxyl groups is 1. The third-order valence-corrected chi connectivity index (χ3v) is 3.12. The predicted octanol–water partition coefficient (Wildman–Crippen LogP) is 1.66. The number of benzene rings is 1. The molecule has 0 aromatic heterocycles. The van der Waals surface area contributed by atoms with Crippen molar-refractivity contribution >= 4 is 0 Å². The Balaban J connectivity index is 2.65. The normalized spacial score (nSPS) is 11.1. The van der Waals surface area contributed by atoms with Gasteiger partial charge in [0, 0.05) is 26.2 Å². The number of nitrogens with zero attached hydrogens (tertiary/aromatic N) is 1. The summed E-state index contributed by atoms with van der Waals surface area (Å²) in [6, 6.07) is 6.43. The Kier molecular flexibility index (Phi) is 6.19. The Labute approximate surface area is 104 Å². The molecule has 0 amide bonds. The number of aliphatic hydroxyl groups excluding tert-OH is 1. The summed E-state index contributed by atoms with van der Waals surface area (Å²) in [5.74, 6) is 0. The van der Waals surface area contributed by atoms with Crippen molar-refractivity contribution in [3.8, 4) is 0 Å². The Morgan fingerprint density at radius 1 is 1.35 bits per heavy atom. The fourth-order valence-electron chi connectivity index (χ4n) is 1.95. The molecule has 3 nitrogen and oxygen atoms in total. The highest BCUT2D eigenvalue weighted by Gasteiger charge is 2.06. The second-order valence-corrected chi connectivity index (χ2v) is 4.41. The molecule has 0 atom stereocenters. The van der Waals surface area contributed by atoms with Gasteiger partial charge in [0.1, 0.15) is 0 Å². The lowest BCUT2D eigenvalue weighted by Crippen LogP contribution is -2.25. The fraction of sp³-hybridized carbons (Fsp3) is 0.571. The highest BCUT2D eigenvalue weighted by molar-refractivity contribution is 5.30. The van der Waals surface area contributed by atoms with E-state index in [1.165, 1.54) is 16.7 Å². The van der Waals surface area contributed by atoms with E-state index < -0.39 is 0 Å². The summed E-state index contributed by atoms with van der Waals surface area (Å²) >= 11 is 0. The highest BCUT2D eigenvalue weighted by atomic mass is 16.3. The van der Waals surface area contributed by atoms with Crippen LogP contribution in [0.2, 0.25) is 0 Å². The first kappa shape index (κ1) is 14.2. The number of nitrogens with two attached hydrogens (primary N) is 1. The van der Waals surface area contributed by atoms with Gasteiger partial charge in [-0.25, -0.2) is 0 Å². The summed E-state index contributed by atoms with van der Waals surface area (Å²) in [4.78, 5) is 2.35. The van der Waals surface area contributed by atoms with Crippen LogP contribution in [0.1, 0.15) is 30.0 Å². The van der Waals surface area contributed by atoms with Gasteiger partial charge in [0.25, 0.3) is 0 Å². The zero-order valence-electron chi connectivity index (χ0n) is 10.9. The second kappa shape index (κ2) is 7.43. The van der Waals surface area contributed by atoms with E-state index in [0.717, 1.165) is 26.1 Å². The van der Waals surface area contributed by atoms with Crippen molar-refractivity contribution in [2.24, 2.45) is 5.73 Å². The Hall–Kier alpha value is -0.900. The van der Waals surface area contributed by atoms with E-state index in [1.54, 1.807) is 0 Å². The number of aryl methyl sites for hydroxylation is 1. The van der Waals surface area contributed by atoms with Gasteiger partial charge in [-0.2, -0.15) is 0 Å². The van der Waals surface area contributed by atoms with E-state index in [9.17, 15) is 0 Å². The molecule has 0 radical (unpaired) electrons. The van der Waals surface area contributed by atoms with Crippen molar-refractivity contribution in [1.82, 2.24) is 4.90 Å². The summed E-state index contributed by atoms with van der Waals surface area (Å²) < 4.78 is 0. The molecule has 0 heterocycles. The third-order valence-electron chi connectivity index (χ3n) is 3.12. The largest absolute Gasteiger partial charge is 0.396 e. The van der Waals surface area contributed by atoms with Gasteiger partial charge in [-0.1, -0.05) is 25.1 Å². The average molecular weight is 236 g/mol. The van der Waals surface area contributed by atoms with Crippen LogP contribution in [0.3, 0.4) is 0 Å². The minimum Gasteiger partial charge on any atom is -0.396 e. The minimum absolute atomic E-state index is 0.265. The minimum atomic E-state index is 0.265. The quantitative estimate of drug-likeness (QED) is 0.757. The zero-order valence-corrected chi connectivity index (χ0v) is 10.9. The Morgan fingerprint density at radius 3 is 2.65 bits per heavy atom. The van der Waals surface area contributed by atoms with E-state index >= 15 is 0 Å². The number of hydrogen-bond donors (Lipinski definition) is 2. The molecule has 0 aliphatic carbocycles. The van der Waals surface area contributed by atoms with Crippen LogP contribution in [0, 0.1) is 6.92 Å². The van der Waals surface area contributed by atoms with E-state index in [0.29, 0.717) is 6.54 Å². The molecule has 96 valence electrons. The van der Waals surface area contributed by atoms with Gasteiger partial charge in [-0.15, -0.1) is 0 Å². The molecule has 1 aromatic carbocycles. The molecule has 0 spiro atoms. The van der Waals surface area contributed by atoms with Crippen molar-refractivity contribution in [2.75, 3.05) is 19.7 Å². The first-order valence-corrected chi connectivity index (χ1v) is 6.33. The number of hydrogen-bond acceptors (Lipinski definition) is 3. The fourth-order valence-corrected chi connectivity index (χ4v) is 1.95. The molecule has 3 heteroatoms. The topological polar surface area (TPSA) is 49.5 Å². The van der Waals surface area contributed by atoms with Crippen LogP contribution in [0.5, 0.6) is 0 Å². The lowest BCUT2D eigenvalue weighted by molar-refractivity contribution is 0.225. The molecule has 1 aromatic rings. The van der Waals surface area contributed by atoms with Crippen molar-refractivity contribution in [1.29, 1.82) is 0 Å². The lowest BCUT2D eigenvalue weighted by Gasteiger charge is -2.21. The van der Waals surface area contributed by atoms with E-state index in [1.807, 2.05) is 0 Å². The predicted molar refractivity (Wildman–Crippen MR) is 71.7 cm³/mol. The average Bonchev–Trinajstić information content (AvgIpc) is 2.36. The third kappa shape index (κ3) is 4.46. The Bertz CT molecular complexity index is 339. The van der Waals surface area contributed by atoms with Crippen molar-refractivity contribution < 1.29 is 5.11 Å². The zero-order chi connectivity index (χ0) is 12.7. The van der Waals surface area contributed by atoms with Gasteiger partial charge in [0.05, 0.1) is 0 Å². The van der Waals surface area contributed by atoms with E-state index in [-0.39, 0.29) is 6.61 Å². The van der Waals surface area contributed by atoms with Crippen LogP contribution in [0.25, 0.3) is 0 Å². The van der Waals surface area contributed by atoms with Crippen molar-refractivity contribution in [3.05, 3.63) is 34.9 Å². The van der Waals surface area contributed by atoms with E-state index in [4.69, 9.17) is 10.8 Å². The standard InChI is InChI=1S/C14H24N2O/c1-3-16(7-4-8-17)11-14-6-5-13(10-15)9-12(14)2/h5-6,9,17H,3-4,7-8,10-11,15H2,1-2H3. The SMILES string of the molecule is CCN(CCCO)Cc1ccc(CN)cc1C. The molecule has 0 bridgehead atoms. The van der Waals surface area contributed by atoms with Crippen LogP contribution in [0.15, 0.2) is 18.2 Å². The molecule has 3 N–H and O–H groups in total. The molecule has 0 aliphatic rings. The lowest BCUT2D eigenvalue weighted by atomic mass is 10.0. The first-order chi connectivity index (χ1) is 8.21. The Morgan fingerprint density at radius 2 is 2.12 bits per heavy atom. The van der Waals surface area contributed by atoms with Crippen molar-refractivity contribution in [2.45, 2.75) is 33.4 Å². The van der Waals surface area contributed by atoms with Crippen LogP contribution in [-0.2, 0) is 13.1 Å². The van der Waals surface area contributed by atoms with Gasteiger partial charge >= 0.3 is 0 Å². The highest BCUT2D eigenvalue weighted by Crippen LogP contribution is 2.13. The number of rotatable bonds is 7. The molecular formula is C14H24N2O. The first-order valence-electron chi connectivity index (χ1n) is 6.33. The van der Waals surface area contributed by atoms with Gasteiger partial charge in [-0.05, 0) is 36.6 Å². The van der Waals surface area contributed by atoms with Crippen LogP contribution < -0.4 is 5.73 Å². The van der Waals surface area contributed by atoms with E-state index in [2.05, 4.69) is 36.9 Å². The molecule has 0 saturated carbocycles. The monoisotopic (exact) mass is 236 g/mol. The molecule has 0 saturated heterocycles. The molecular weight excluding hydrogens is 212 g/mol. The van der Waals surface area contributed by atoms with Crippen LogP contribution in [0.4, 0.5) is 0 Å². The summed E-state index contributed by atoms with van der Waals surface area (Å²) in [5, 5.41) is 8.86. The molecule has 0 aliphatic heterocycles. The molecule has 0 fully saturated rings. The maximum absolute atomic E-state index is 8.86. The van der Waals surface area contributed by atoms with Gasteiger partial charge < -0.3 is 10.8 Å². The molecule has 1 rings (SSSR count). The summed E-state index contributed by atoms with van der Waals surface area (Å²) in [6.07, 6.45) is 0.841. The maximum atomic E-state index is 8.86. The molecule has 17 heavy (non-hydrogen) atoms. The smallest absolute Gasteiger partial charge is 0.0443 e. The maximum Gasteiger partial charge on any atom is 0.0443 e.